The summed E-state index contributed by atoms with van der Waals surface area (Å²) in [5.74, 6) is 0.703. The van der Waals surface area contributed by atoms with E-state index < -0.39 is 6.10 Å². The lowest BCUT2D eigenvalue weighted by atomic mass is 10.1. The molecule has 0 saturated carbocycles. The van der Waals surface area contributed by atoms with Gasteiger partial charge in [-0.25, -0.2) is 0 Å². The van der Waals surface area contributed by atoms with Gasteiger partial charge in [0.25, 0.3) is 0 Å². The average molecular weight is 300 g/mol. The van der Waals surface area contributed by atoms with Crippen LogP contribution in [0.5, 0.6) is 0 Å². The van der Waals surface area contributed by atoms with Crippen LogP contribution in [0.4, 0.5) is 5.69 Å². The van der Waals surface area contributed by atoms with E-state index in [4.69, 9.17) is 16.3 Å². The molecule has 0 saturated heterocycles. The normalized spacial score (nSPS) is 12.7. The third-order valence-electron chi connectivity index (χ3n) is 3.03. The summed E-state index contributed by atoms with van der Waals surface area (Å²) in [6, 6.07) is 5.82. The van der Waals surface area contributed by atoms with Gasteiger partial charge < -0.3 is 15.2 Å². The van der Waals surface area contributed by atoms with Gasteiger partial charge in [-0.15, -0.1) is 0 Å². The van der Waals surface area contributed by atoms with E-state index in [1.54, 1.807) is 0 Å². The van der Waals surface area contributed by atoms with Gasteiger partial charge in [0.05, 0.1) is 23.4 Å². The molecule has 20 heavy (non-hydrogen) atoms. The van der Waals surface area contributed by atoms with Crippen LogP contribution in [-0.4, -0.2) is 31.0 Å². The van der Waals surface area contributed by atoms with Gasteiger partial charge in [0.1, 0.15) is 0 Å². The van der Waals surface area contributed by atoms with Crippen molar-refractivity contribution < 1.29 is 9.84 Å². The first kappa shape index (κ1) is 17.3. The predicted octanol–water partition coefficient (Wildman–Crippen LogP) is 3.87. The van der Waals surface area contributed by atoms with Gasteiger partial charge in [0.2, 0.25) is 0 Å². The molecule has 114 valence electrons. The van der Waals surface area contributed by atoms with E-state index in [1.807, 2.05) is 25.1 Å². The molecule has 0 aliphatic rings. The summed E-state index contributed by atoms with van der Waals surface area (Å²) < 4.78 is 5.46. The fraction of sp³-hybridized carbons (Fsp3) is 0.625. The number of hydrogen-bond donors (Lipinski definition) is 2. The zero-order valence-corrected chi connectivity index (χ0v) is 13.4. The molecule has 1 unspecified atom stereocenters. The number of rotatable bonds is 9. The number of anilines is 1. The smallest absolute Gasteiger partial charge is 0.0945 e. The SMILES string of the molecule is Cc1ccc(NCC(O)COCCCC(C)C)c(Cl)c1. The van der Waals surface area contributed by atoms with E-state index in [9.17, 15) is 5.11 Å². The van der Waals surface area contributed by atoms with Crippen LogP contribution in [0.1, 0.15) is 32.3 Å². The maximum Gasteiger partial charge on any atom is 0.0945 e. The molecule has 0 radical (unpaired) electrons. The Balaban J connectivity index is 2.18. The van der Waals surface area contributed by atoms with Crippen molar-refractivity contribution in [2.45, 2.75) is 39.7 Å². The van der Waals surface area contributed by atoms with Crippen LogP contribution >= 0.6 is 11.6 Å². The van der Waals surface area contributed by atoms with Gasteiger partial charge in [-0.05, 0) is 43.4 Å². The van der Waals surface area contributed by atoms with Crippen molar-refractivity contribution in [1.29, 1.82) is 0 Å². The Labute approximate surface area is 127 Å². The second kappa shape index (κ2) is 9.22. The number of benzene rings is 1. The first-order chi connectivity index (χ1) is 9.49. The molecule has 0 spiro atoms. The first-order valence-corrected chi connectivity index (χ1v) is 7.62. The molecule has 0 amide bonds. The van der Waals surface area contributed by atoms with E-state index in [2.05, 4.69) is 19.2 Å². The number of ether oxygens (including phenoxy) is 1. The maximum absolute atomic E-state index is 9.83. The molecule has 3 nitrogen and oxygen atoms in total. The summed E-state index contributed by atoms with van der Waals surface area (Å²) in [7, 11) is 0. The average Bonchev–Trinajstić information content (AvgIpc) is 2.37. The van der Waals surface area contributed by atoms with Gasteiger partial charge in [-0.3, -0.25) is 0 Å². The Hall–Kier alpha value is -0.770. The minimum atomic E-state index is -0.522. The Morgan fingerprint density at radius 1 is 1.35 bits per heavy atom. The fourth-order valence-corrected chi connectivity index (χ4v) is 2.17. The van der Waals surface area contributed by atoms with Crippen molar-refractivity contribution in [3.8, 4) is 0 Å². The number of hydrogen-bond acceptors (Lipinski definition) is 3. The molecule has 1 rings (SSSR count). The van der Waals surface area contributed by atoms with Crippen molar-refractivity contribution in [1.82, 2.24) is 0 Å². The maximum atomic E-state index is 9.83. The standard InChI is InChI=1S/C16H26ClNO2/c1-12(2)5-4-8-20-11-14(19)10-18-16-7-6-13(3)9-15(16)17/h6-7,9,12,14,18-19H,4-5,8,10-11H2,1-3H3. The lowest BCUT2D eigenvalue weighted by Crippen LogP contribution is -2.25. The lowest BCUT2D eigenvalue weighted by Gasteiger charge is -2.14. The monoisotopic (exact) mass is 299 g/mol. The largest absolute Gasteiger partial charge is 0.389 e. The second-order valence-electron chi connectivity index (χ2n) is 5.63. The van der Waals surface area contributed by atoms with Crippen LogP contribution in [0, 0.1) is 12.8 Å². The minimum Gasteiger partial charge on any atom is -0.389 e. The summed E-state index contributed by atoms with van der Waals surface area (Å²) in [6.07, 6.45) is 1.68. The molecule has 0 heterocycles. The van der Waals surface area contributed by atoms with Gasteiger partial charge in [-0.1, -0.05) is 31.5 Å². The van der Waals surface area contributed by atoms with Crippen LogP contribution in [0.15, 0.2) is 18.2 Å². The van der Waals surface area contributed by atoms with Gasteiger partial charge in [0.15, 0.2) is 0 Å². The zero-order valence-electron chi connectivity index (χ0n) is 12.7. The fourth-order valence-electron chi connectivity index (χ4n) is 1.86. The van der Waals surface area contributed by atoms with E-state index in [0.29, 0.717) is 30.7 Å². The highest BCUT2D eigenvalue weighted by Gasteiger charge is 2.06. The van der Waals surface area contributed by atoms with E-state index in [1.165, 1.54) is 0 Å². The molecule has 0 fully saturated rings. The molecule has 4 heteroatoms. The van der Waals surface area contributed by atoms with Gasteiger partial charge >= 0.3 is 0 Å². The molecule has 0 aliphatic carbocycles. The van der Waals surface area contributed by atoms with Gasteiger partial charge in [-0.2, -0.15) is 0 Å². The summed E-state index contributed by atoms with van der Waals surface area (Å²) in [4.78, 5) is 0. The van der Waals surface area contributed by atoms with Crippen LogP contribution < -0.4 is 5.32 Å². The van der Waals surface area contributed by atoms with Crippen LogP contribution in [-0.2, 0) is 4.74 Å². The Kier molecular flexibility index (Phi) is 7.97. The molecule has 0 aromatic heterocycles. The summed E-state index contributed by atoms with van der Waals surface area (Å²) in [5.41, 5.74) is 1.96. The lowest BCUT2D eigenvalue weighted by molar-refractivity contribution is 0.0409. The van der Waals surface area contributed by atoms with E-state index >= 15 is 0 Å². The van der Waals surface area contributed by atoms with Crippen molar-refractivity contribution in [2.75, 3.05) is 25.1 Å². The van der Waals surface area contributed by atoms with Crippen molar-refractivity contribution in [3.05, 3.63) is 28.8 Å². The summed E-state index contributed by atoms with van der Waals surface area (Å²) in [5, 5.41) is 13.6. The molecule has 0 aliphatic heterocycles. The Morgan fingerprint density at radius 3 is 2.75 bits per heavy atom. The summed E-state index contributed by atoms with van der Waals surface area (Å²) in [6.45, 7) is 7.89. The third-order valence-corrected chi connectivity index (χ3v) is 3.35. The highest BCUT2D eigenvalue weighted by atomic mass is 35.5. The molecule has 0 bridgehead atoms. The topological polar surface area (TPSA) is 41.5 Å². The quantitative estimate of drug-likeness (QED) is 0.680. The first-order valence-electron chi connectivity index (χ1n) is 7.25. The van der Waals surface area contributed by atoms with Crippen LogP contribution in [0.3, 0.4) is 0 Å². The molecule has 2 N–H and O–H groups in total. The minimum absolute atomic E-state index is 0.356. The molecule has 1 atom stereocenters. The highest BCUT2D eigenvalue weighted by molar-refractivity contribution is 6.33. The number of aryl methyl sites for hydroxylation is 1. The molecule has 1 aromatic carbocycles. The highest BCUT2D eigenvalue weighted by Crippen LogP contribution is 2.22. The molecular weight excluding hydrogens is 274 g/mol. The molecular formula is C16H26ClNO2. The third kappa shape index (κ3) is 7.13. The molecule has 1 aromatic rings. The van der Waals surface area contributed by atoms with Crippen molar-refractivity contribution >= 4 is 17.3 Å². The number of halogens is 1. The van der Waals surface area contributed by atoms with Gasteiger partial charge in [0, 0.05) is 13.2 Å². The van der Waals surface area contributed by atoms with E-state index in [0.717, 1.165) is 24.1 Å². The predicted molar refractivity (Wildman–Crippen MR) is 85.6 cm³/mol. The number of nitrogens with one attached hydrogen (secondary N) is 1. The van der Waals surface area contributed by atoms with Crippen LogP contribution in [0.2, 0.25) is 5.02 Å². The van der Waals surface area contributed by atoms with Crippen molar-refractivity contribution in [3.63, 3.8) is 0 Å². The number of aliphatic hydroxyl groups is 1. The summed E-state index contributed by atoms with van der Waals surface area (Å²) >= 11 is 6.11. The van der Waals surface area contributed by atoms with E-state index in [-0.39, 0.29) is 0 Å². The Bertz CT molecular complexity index is 396. The van der Waals surface area contributed by atoms with Crippen LogP contribution in [0.25, 0.3) is 0 Å². The Morgan fingerprint density at radius 2 is 2.10 bits per heavy atom. The zero-order chi connectivity index (χ0) is 15.0. The van der Waals surface area contributed by atoms with Crippen molar-refractivity contribution in [2.24, 2.45) is 5.92 Å². The number of aliphatic hydroxyl groups excluding tert-OH is 1. The second-order valence-corrected chi connectivity index (χ2v) is 6.04.